The molecule has 0 bridgehead atoms. The molecule has 0 saturated heterocycles. The topological polar surface area (TPSA) is 65.2 Å². The largest absolute Gasteiger partial charge is 0.462 e. The summed E-state index contributed by atoms with van der Waals surface area (Å²) in [5.74, 6) is -0.475. The predicted molar refractivity (Wildman–Crippen MR) is 54.4 cm³/mol. The van der Waals surface area contributed by atoms with E-state index in [0.717, 1.165) is 0 Å². The van der Waals surface area contributed by atoms with E-state index in [1.54, 1.807) is 19.9 Å². The van der Waals surface area contributed by atoms with E-state index in [1.165, 1.54) is 0 Å². The van der Waals surface area contributed by atoms with Crippen LogP contribution in [-0.4, -0.2) is 17.6 Å². The Labute approximate surface area is 87.0 Å². The summed E-state index contributed by atoms with van der Waals surface area (Å²) in [5.41, 5.74) is 6.65. The number of esters is 1. The van der Waals surface area contributed by atoms with E-state index < -0.39 is 5.97 Å². The lowest BCUT2D eigenvalue weighted by atomic mass is 10.2. The SMILES string of the molecule is CCOC(=O)c1cc(C)nc(Cl)c1N. The van der Waals surface area contributed by atoms with Crippen LogP contribution in [0, 0.1) is 6.92 Å². The summed E-state index contributed by atoms with van der Waals surface area (Å²) < 4.78 is 4.81. The van der Waals surface area contributed by atoms with Gasteiger partial charge < -0.3 is 10.5 Å². The summed E-state index contributed by atoms with van der Waals surface area (Å²) in [6.45, 7) is 3.76. The Morgan fingerprint density at radius 2 is 2.36 bits per heavy atom. The minimum atomic E-state index is -0.475. The highest BCUT2D eigenvalue weighted by atomic mass is 35.5. The van der Waals surface area contributed by atoms with Crippen molar-refractivity contribution in [3.05, 3.63) is 22.5 Å². The maximum atomic E-state index is 11.4. The summed E-state index contributed by atoms with van der Waals surface area (Å²) in [4.78, 5) is 15.3. The lowest BCUT2D eigenvalue weighted by Crippen LogP contribution is -2.09. The number of aryl methyl sites for hydroxylation is 1. The highest BCUT2D eigenvalue weighted by Crippen LogP contribution is 2.22. The Morgan fingerprint density at radius 3 is 2.93 bits per heavy atom. The van der Waals surface area contributed by atoms with Gasteiger partial charge >= 0.3 is 5.97 Å². The zero-order chi connectivity index (χ0) is 10.7. The molecule has 0 unspecified atom stereocenters. The molecule has 0 radical (unpaired) electrons. The fraction of sp³-hybridized carbons (Fsp3) is 0.333. The van der Waals surface area contributed by atoms with Crippen molar-refractivity contribution < 1.29 is 9.53 Å². The maximum absolute atomic E-state index is 11.4. The molecule has 0 saturated carbocycles. The molecule has 0 aliphatic rings. The number of hydrogen-bond donors (Lipinski definition) is 1. The van der Waals surface area contributed by atoms with Crippen molar-refractivity contribution in [2.75, 3.05) is 12.3 Å². The van der Waals surface area contributed by atoms with Gasteiger partial charge in [-0.2, -0.15) is 0 Å². The third kappa shape index (κ3) is 2.14. The maximum Gasteiger partial charge on any atom is 0.340 e. The monoisotopic (exact) mass is 214 g/mol. The number of carbonyl (C=O) groups excluding carboxylic acids is 1. The van der Waals surface area contributed by atoms with Gasteiger partial charge in [-0.05, 0) is 19.9 Å². The second-order valence-corrected chi connectivity index (χ2v) is 3.09. The van der Waals surface area contributed by atoms with E-state index in [2.05, 4.69) is 4.98 Å². The van der Waals surface area contributed by atoms with Gasteiger partial charge in [-0.1, -0.05) is 11.6 Å². The number of halogens is 1. The smallest absolute Gasteiger partial charge is 0.340 e. The van der Waals surface area contributed by atoms with Crippen LogP contribution in [-0.2, 0) is 4.74 Å². The van der Waals surface area contributed by atoms with E-state index in [4.69, 9.17) is 22.1 Å². The molecule has 0 aromatic carbocycles. The van der Waals surface area contributed by atoms with Crippen molar-refractivity contribution in [2.45, 2.75) is 13.8 Å². The normalized spacial score (nSPS) is 9.93. The number of pyridine rings is 1. The van der Waals surface area contributed by atoms with Crippen molar-refractivity contribution in [1.29, 1.82) is 0 Å². The third-order valence-corrected chi connectivity index (χ3v) is 1.92. The number of ether oxygens (including phenoxy) is 1. The fourth-order valence-corrected chi connectivity index (χ4v) is 1.26. The Balaban J connectivity index is 3.13. The van der Waals surface area contributed by atoms with Crippen LogP contribution in [0.2, 0.25) is 5.15 Å². The first-order valence-corrected chi connectivity index (χ1v) is 4.53. The summed E-state index contributed by atoms with van der Waals surface area (Å²) >= 11 is 5.72. The average molecular weight is 215 g/mol. The third-order valence-electron chi connectivity index (χ3n) is 1.64. The van der Waals surface area contributed by atoms with Crippen LogP contribution in [0.25, 0.3) is 0 Å². The Kier molecular flexibility index (Phi) is 3.30. The number of nitrogens with two attached hydrogens (primary N) is 1. The lowest BCUT2D eigenvalue weighted by Gasteiger charge is -2.06. The number of carbonyl (C=O) groups is 1. The van der Waals surface area contributed by atoms with Crippen molar-refractivity contribution >= 4 is 23.3 Å². The van der Waals surface area contributed by atoms with Crippen molar-refractivity contribution in [3.63, 3.8) is 0 Å². The molecule has 1 aromatic rings. The first kappa shape index (κ1) is 10.8. The molecule has 0 fully saturated rings. The second-order valence-electron chi connectivity index (χ2n) is 2.74. The number of hydrogen-bond acceptors (Lipinski definition) is 4. The van der Waals surface area contributed by atoms with Crippen LogP contribution in [0.1, 0.15) is 23.0 Å². The minimum Gasteiger partial charge on any atom is -0.462 e. The Morgan fingerprint density at radius 1 is 1.71 bits per heavy atom. The van der Waals surface area contributed by atoms with Gasteiger partial charge in [-0.25, -0.2) is 9.78 Å². The van der Waals surface area contributed by atoms with Gasteiger partial charge in [-0.15, -0.1) is 0 Å². The van der Waals surface area contributed by atoms with Crippen LogP contribution in [0.4, 0.5) is 5.69 Å². The van der Waals surface area contributed by atoms with E-state index in [9.17, 15) is 4.79 Å². The van der Waals surface area contributed by atoms with Gasteiger partial charge in [0.2, 0.25) is 0 Å². The predicted octanol–water partition coefficient (Wildman–Crippen LogP) is 1.80. The van der Waals surface area contributed by atoms with Gasteiger partial charge in [0.25, 0.3) is 0 Å². The van der Waals surface area contributed by atoms with E-state index in [-0.39, 0.29) is 16.4 Å². The molecule has 1 aromatic heterocycles. The van der Waals surface area contributed by atoms with Crippen LogP contribution in [0.15, 0.2) is 6.07 Å². The molecule has 1 rings (SSSR count). The first-order valence-electron chi connectivity index (χ1n) is 4.16. The highest BCUT2D eigenvalue weighted by molar-refractivity contribution is 6.32. The van der Waals surface area contributed by atoms with Gasteiger partial charge in [0.05, 0.1) is 17.9 Å². The number of nitrogens with zero attached hydrogens (tertiary/aromatic N) is 1. The number of rotatable bonds is 2. The second kappa shape index (κ2) is 4.28. The standard InChI is InChI=1S/C9H11ClN2O2/c1-3-14-9(13)6-4-5(2)12-8(10)7(6)11/h4H,3,11H2,1-2H3. The first-order chi connectivity index (χ1) is 6.56. The zero-order valence-corrected chi connectivity index (χ0v) is 8.76. The zero-order valence-electron chi connectivity index (χ0n) is 8.00. The van der Waals surface area contributed by atoms with Crippen LogP contribution < -0.4 is 5.73 Å². The molecule has 0 amide bonds. The van der Waals surface area contributed by atoms with Crippen molar-refractivity contribution in [2.24, 2.45) is 0 Å². The molecule has 4 nitrogen and oxygen atoms in total. The van der Waals surface area contributed by atoms with E-state index in [0.29, 0.717) is 12.3 Å². The molecule has 76 valence electrons. The molecule has 0 spiro atoms. The van der Waals surface area contributed by atoms with Crippen molar-refractivity contribution in [3.8, 4) is 0 Å². The lowest BCUT2D eigenvalue weighted by molar-refractivity contribution is 0.0527. The Bertz CT molecular complexity index is 366. The Hall–Kier alpha value is -1.29. The molecule has 5 heteroatoms. The van der Waals surface area contributed by atoms with Gasteiger partial charge in [0.1, 0.15) is 0 Å². The van der Waals surface area contributed by atoms with Crippen LogP contribution in [0.5, 0.6) is 0 Å². The number of nitrogen functional groups attached to an aromatic ring is 1. The number of anilines is 1. The minimum absolute atomic E-state index is 0.132. The molecule has 1 heterocycles. The molecular weight excluding hydrogens is 204 g/mol. The summed E-state index contributed by atoms with van der Waals surface area (Å²) in [6.07, 6.45) is 0. The molecule has 0 atom stereocenters. The quantitative estimate of drug-likeness (QED) is 0.602. The summed E-state index contributed by atoms with van der Waals surface area (Å²) in [5, 5.41) is 0.132. The summed E-state index contributed by atoms with van der Waals surface area (Å²) in [7, 11) is 0. The van der Waals surface area contributed by atoms with Crippen molar-refractivity contribution in [1.82, 2.24) is 4.98 Å². The average Bonchev–Trinajstić information content (AvgIpc) is 2.11. The van der Waals surface area contributed by atoms with E-state index >= 15 is 0 Å². The van der Waals surface area contributed by atoms with Gasteiger partial charge in [0.15, 0.2) is 5.15 Å². The molecule has 14 heavy (non-hydrogen) atoms. The molecular formula is C9H11ClN2O2. The molecule has 2 N–H and O–H groups in total. The summed E-state index contributed by atoms with van der Waals surface area (Å²) in [6, 6.07) is 1.55. The highest BCUT2D eigenvalue weighted by Gasteiger charge is 2.14. The van der Waals surface area contributed by atoms with Gasteiger partial charge in [0, 0.05) is 5.69 Å². The van der Waals surface area contributed by atoms with Gasteiger partial charge in [-0.3, -0.25) is 0 Å². The number of aromatic nitrogens is 1. The molecule has 0 aliphatic heterocycles. The van der Waals surface area contributed by atoms with Crippen LogP contribution in [0.3, 0.4) is 0 Å². The van der Waals surface area contributed by atoms with E-state index in [1.807, 2.05) is 0 Å². The molecule has 0 aliphatic carbocycles. The fourth-order valence-electron chi connectivity index (χ4n) is 1.02. The van der Waals surface area contributed by atoms with Crippen LogP contribution >= 0.6 is 11.6 Å².